The minimum absolute atomic E-state index is 0.0182. The molecule has 1 rings (SSSR count). The summed E-state index contributed by atoms with van der Waals surface area (Å²) in [7, 11) is 1.54. The summed E-state index contributed by atoms with van der Waals surface area (Å²) in [5, 5.41) is 10.8. The lowest BCUT2D eigenvalue weighted by Gasteiger charge is -2.25. The molecule has 0 radical (unpaired) electrons. The van der Waals surface area contributed by atoms with Crippen LogP contribution in [0.15, 0.2) is 24.3 Å². The zero-order valence-corrected chi connectivity index (χ0v) is 28.7. The van der Waals surface area contributed by atoms with Crippen molar-refractivity contribution in [1.29, 1.82) is 0 Å². The van der Waals surface area contributed by atoms with Crippen LogP contribution in [0.25, 0.3) is 0 Å². The van der Waals surface area contributed by atoms with Crippen molar-refractivity contribution < 1.29 is 38.2 Å². The average molecular weight is 663 g/mol. The molecule has 1 aromatic rings. The van der Waals surface area contributed by atoms with Gasteiger partial charge in [-0.15, -0.1) is 0 Å². The van der Waals surface area contributed by atoms with E-state index in [1.807, 2.05) is 13.8 Å². The summed E-state index contributed by atoms with van der Waals surface area (Å²) < 4.78 is 10.4. The number of amides is 6. The number of urea groups is 1. The number of benzene rings is 1. The van der Waals surface area contributed by atoms with Gasteiger partial charge in [0.2, 0.25) is 17.7 Å². The minimum atomic E-state index is -0.962. The maximum Gasteiger partial charge on any atom is 0.409 e. The van der Waals surface area contributed by atoms with E-state index in [0.717, 1.165) is 25.7 Å². The van der Waals surface area contributed by atoms with Crippen LogP contribution in [0, 0.1) is 11.8 Å². The van der Waals surface area contributed by atoms with Gasteiger partial charge >= 0.3 is 18.1 Å². The van der Waals surface area contributed by atoms with Gasteiger partial charge in [-0.3, -0.25) is 19.2 Å². The Morgan fingerprint density at radius 3 is 2.15 bits per heavy atom. The summed E-state index contributed by atoms with van der Waals surface area (Å²) in [6, 6.07) is 4.16. The summed E-state index contributed by atoms with van der Waals surface area (Å²) in [6.07, 6.45) is 4.06. The van der Waals surface area contributed by atoms with Crippen LogP contribution >= 0.6 is 0 Å². The Balaban J connectivity index is 2.80. The van der Waals surface area contributed by atoms with E-state index in [2.05, 4.69) is 28.2 Å². The van der Waals surface area contributed by atoms with Crippen LogP contribution < -0.4 is 27.0 Å². The molecule has 0 spiro atoms. The number of unbranched alkanes of at least 4 members (excludes halogenated alkanes) is 3. The molecule has 14 heteroatoms. The number of carbonyl (C=O) groups excluding carboxylic acids is 6. The number of anilines is 1. The highest BCUT2D eigenvalue weighted by molar-refractivity contribution is 5.98. The van der Waals surface area contributed by atoms with Gasteiger partial charge in [0.25, 0.3) is 0 Å². The molecule has 0 aliphatic rings. The molecule has 1 aromatic carbocycles. The van der Waals surface area contributed by atoms with Gasteiger partial charge in [-0.05, 0) is 42.9 Å². The molecule has 14 nitrogen and oxygen atoms in total. The van der Waals surface area contributed by atoms with Crippen LogP contribution in [-0.4, -0.2) is 79.5 Å². The van der Waals surface area contributed by atoms with E-state index in [1.165, 1.54) is 11.9 Å². The first-order valence-electron chi connectivity index (χ1n) is 16.3. The number of nitrogens with zero attached hydrogens (tertiary/aromatic N) is 1. The predicted octanol–water partition coefficient (Wildman–Crippen LogP) is 3.44. The monoisotopic (exact) mass is 662 g/mol. The number of ether oxygens (including phenoxy) is 2. The van der Waals surface area contributed by atoms with E-state index in [1.54, 1.807) is 38.1 Å². The first-order valence-corrected chi connectivity index (χ1v) is 16.3. The van der Waals surface area contributed by atoms with Crippen molar-refractivity contribution in [2.45, 2.75) is 98.3 Å². The van der Waals surface area contributed by atoms with Crippen LogP contribution in [-0.2, 0) is 35.3 Å². The van der Waals surface area contributed by atoms with Gasteiger partial charge in [0.05, 0.1) is 12.5 Å². The smallest absolute Gasteiger partial charge is 0.409 e. The summed E-state index contributed by atoms with van der Waals surface area (Å²) in [5.41, 5.74) is 6.26. The van der Waals surface area contributed by atoms with Gasteiger partial charge in [-0.1, -0.05) is 66.0 Å². The van der Waals surface area contributed by atoms with E-state index < -0.39 is 36.0 Å². The summed E-state index contributed by atoms with van der Waals surface area (Å²) in [4.78, 5) is 75.3. The summed E-state index contributed by atoms with van der Waals surface area (Å²) in [6.45, 7) is 9.60. The van der Waals surface area contributed by atoms with Gasteiger partial charge in [-0.2, -0.15) is 0 Å². The molecule has 264 valence electrons. The SMILES string of the molecule is CCCCCCC(=O)N[C@H](C(=O)N[C@@H](CCCNC(N)=O)C(=O)Nc1ccc(COC(=O)N(C)CCOC(=O)C(C)C)cc1)C(C)C. The Labute approximate surface area is 278 Å². The third-order valence-corrected chi connectivity index (χ3v) is 7.16. The fraction of sp³-hybridized carbons (Fsp3) is 0.636. The highest BCUT2D eigenvalue weighted by Crippen LogP contribution is 2.13. The second kappa shape index (κ2) is 22.2. The number of carbonyl (C=O) groups is 6. The number of likely N-dealkylation sites (N-methyl/N-ethyl adjacent to an activating group) is 1. The molecule has 0 unspecified atom stereocenters. The van der Waals surface area contributed by atoms with Crippen LogP contribution in [0.4, 0.5) is 15.3 Å². The number of hydrogen-bond acceptors (Lipinski definition) is 8. The molecular weight excluding hydrogens is 608 g/mol. The van der Waals surface area contributed by atoms with Crippen LogP contribution in [0.5, 0.6) is 0 Å². The van der Waals surface area contributed by atoms with Crippen LogP contribution in [0.3, 0.4) is 0 Å². The first kappa shape index (κ1) is 40.7. The first-order chi connectivity index (χ1) is 22.2. The second-order valence-electron chi connectivity index (χ2n) is 12.1. The number of nitrogens with two attached hydrogens (primary N) is 1. The molecule has 6 amide bonds. The van der Waals surface area contributed by atoms with E-state index >= 15 is 0 Å². The number of hydrogen-bond donors (Lipinski definition) is 5. The number of nitrogens with one attached hydrogen (secondary N) is 4. The van der Waals surface area contributed by atoms with E-state index in [4.69, 9.17) is 15.2 Å². The lowest BCUT2D eigenvalue weighted by Crippen LogP contribution is -2.54. The molecule has 0 bridgehead atoms. The topological polar surface area (TPSA) is 198 Å². The van der Waals surface area contributed by atoms with Crippen molar-refractivity contribution in [1.82, 2.24) is 20.9 Å². The van der Waals surface area contributed by atoms with Crippen molar-refractivity contribution >= 4 is 41.5 Å². The minimum Gasteiger partial charge on any atom is -0.464 e. The molecular formula is C33H54N6O8. The highest BCUT2D eigenvalue weighted by atomic mass is 16.6. The van der Waals surface area contributed by atoms with E-state index in [0.29, 0.717) is 24.1 Å². The molecule has 0 fully saturated rings. The van der Waals surface area contributed by atoms with Crippen LogP contribution in [0.2, 0.25) is 0 Å². The Kier molecular flexibility index (Phi) is 19.2. The Bertz CT molecular complexity index is 1160. The van der Waals surface area contributed by atoms with Gasteiger partial charge in [0.15, 0.2) is 0 Å². The molecule has 0 saturated heterocycles. The standard InChI is InChI=1S/C33H54N6O8/c1-7-8-9-10-13-27(40)38-28(22(2)3)30(42)37-26(12-11-18-35-32(34)44)29(41)36-25-16-14-24(15-17-25)21-47-33(45)39(6)19-20-46-31(43)23(4)5/h14-17,22-23,26,28H,7-13,18-21H2,1-6H3,(H,36,41)(H,37,42)(H,38,40)(H3,34,35,44)/t26-,28-/m0/s1. The molecule has 2 atom stereocenters. The number of primary amides is 1. The number of rotatable bonds is 21. The van der Waals surface area contributed by atoms with Gasteiger partial charge in [-0.25, -0.2) is 9.59 Å². The maximum atomic E-state index is 13.3. The van der Waals surface area contributed by atoms with E-state index in [9.17, 15) is 28.8 Å². The normalized spacial score (nSPS) is 12.1. The van der Waals surface area contributed by atoms with Crippen LogP contribution in [0.1, 0.15) is 85.1 Å². The Hall–Kier alpha value is -4.36. The average Bonchev–Trinajstić information content (AvgIpc) is 3.02. The van der Waals surface area contributed by atoms with Gasteiger partial charge < -0.3 is 41.4 Å². The molecule has 47 heavy (non-hydrogen) atoms. The third kappa shape index (κ3) is 17.2. The fourth-order valence-corrected chi connectivity index (χ4v) is 4.25. The van der Waals surface area contributed by atoms with Crippen molar-refractivity contribution in [3.05, 3.63) is 29.8 Å². The lowest BCUT2D eigenvalue weighted by atomic mass is 10.0. The molecule has 0 aliphatic heterocycles. The maximum absolute atomic E-state index is 13.3. The van der Waals surface area contributed by atoms with Crippen molar-refractivity contribution in [2.75, 3.05) is 32.1 Å². The Morgan fingerprint density at radius 1 is 0.872 bits per heavy atom. The summed E-state index contributed by atoms with van der Waals surface area (Å²) >= 11 is 0. The summed E-state index contributed by atoms with van der Waals surface area (Å²) in [5.74, 6) is -2.00. The highest BCUT2D eigenvalue weighted by Gasteiger charge is 2.28. The largest absolute Gasteiger partial charge is 0.464 e. The molecule has 0 heterocycles. The zero-order valence-electron chi connectivity index (χ0n) is 28.7. The second-order valence-corrected chi connectivity index (χ2v) is 12.1. The fourth-order valence-electron chi connectivity index (χ4n) is 4.25. The predicted molar refractivity (Wildman–Crippen MR) is 178 cm³/mol. The van der Waals surface area contributed by atoms with Crippen molar-refractivity contribution in [3.8, 4) is 0 Å². The zero-order chi connectivity index (χ0) is 35.4. The number of esters is 1. The molecule has 0 aliphatic carbocycles. The van der Waals surface area contributed by atoms with Gasteiger partial charge in [0, 0.05) is 25.7 Å². The lowest BCUT2D eigenvalue weighted by molar-refractivity contribution is -0.147. The quantitative estimate of drug-likeness (QED) is 0.0974. The van der Waals surface area contributed by atoms with Crippen molar-refractivity contribution in [3.63, 3.8) is 0 Å². The third-order valence-electron chi connectivity index (χ3n) is 7.16. The molecule has 0 saturated carbocycles. The van der Waals surface area contributed by atoms with E-state index in [-0.39, 0.29) is 56.4 Å². The molecule has 0 aromatic heterocycles. The Morgan fingerprint density at radius 2 is 1.55 bits per heavy atom. The van der Waals surface area contributed by atoms with Crippen molar-refractivity contribution in [2.24, 2.45) is 17.6 Å². The van der Waals surface area contributed by atoms with Gasteiger partial charge in [0.1, 0.15) is 25.3 Å². The molecule has 6 N–H and O–H groups in total.